The summed E-state index contributed by atoms with van der Waals surface area (Å²) in [7, 11) is 1.70. The van der Waals surface area contributed by atoms with Gasteiger partial charge in [-0.15, -0.1) is 0 Å². The fourth-order valence-corrected chi connectivity index (χ4v) is 3.62. The predicted octanol–water partition coefficient (Wildman–Crippen LogP) is 5.75. The lowest BCUT2D eigenvalue weighted by atomic mass is 9.99. The maximum atomic E-state index is 11.8. The molecule has 1 N–H and O–H groups in total. The highest BCUT2D eigenvalue weighted by Crippen LogP contribution is 2.39. The Morgan fingerprint density at radius 3 is 2.41 bits per heavy atom. The zero-order valence-corrected chi connectivity index (χ0v) is 15.9. The predicted molar refractivity (Wildman–Crippen MR) is 108 cm³/mol. The van der Waals surface area contributed by atoms with Crippen molar-refractivity contribution < 1.29 is 9.90 Å². The van der Waals surface area contributed by atoms with Crippen molar-refractivity contribution in [3.63, 3.8) is 0 Å². The molecule has 0 saturated heterocycles. The summed E-state index contributed by atoms with van der Waals surface area (Å²) in [6, 6.07) is 15.4. The third-order valence-corrected chi connectivity index (χ3v) is 5.10. The van der Waals surface area contributed by atoms with Crippen molar-refractivity contribution in [3.05, 3.63) is 87.5 Å². The van der Waals surface area contributed by atoms with Gasteiger partial charge in [-0.1, -0.05) is 61.0 Å². The molecule has 0 fully saturated rings. The van der Waals surface area contributed by atoms with Gasteiger partial charge in [0.05, 0.1) is 6.57 Å². The average Bonchev–Trinajstić information content (AvgIpc) is 2.95. The second-order valence-corrected chi connectivity index (χ2v) is 6.72. The maximum Gasteiger partial charge on any atom is 0.351 e. The molecular formula is C22H19ClN2O2. The van der Waals surface area contributed by atoms with Crippen LogP contribution in [-0.2, 0) is 19.9 Å². The quantitative estimate of drug-likeness (QED) is 0.575. The number of hydrogen-bond donors (Lipinski definition) is 1. The van der Waals surface area contributed by atoms with E-state index in [1.807, 2.05) is 55.5 Å². The molecule has 5 heteroatoms. The van der Waals surface area contributed by atoms with Gasteiger partial charge in [-0.25, -0.2) is 9.64 Å². The van der Waals surface area contributed by atoms with Crippen molar-refractivity contribution in [2.75, 3.05) is 0 Å². The van der Waals surface area contributed by atoms with Crippen molar-refractivity contribution in [2.24, 2.45) is 7.05 Å². The van der Waals surface area contributed by atoms with Gasteiger partial charge in [0, 0.05) is 23.3 Å². The Morgan fingerprint density at radius 1 is 1.19 bits per heavy atom. The molecule has 4 nitrogen and oxygen atoms in total. The molecule has 0 saturated carbocycles. The SMILES string of the molecule is [C-]#[N+]c1c(-c2ccc(Cc3ccccc3Cl)cc2)c(C(=O)O)n(C)c1CC. The van der Waals surface area contributed by atoms with Crippen LogP contribution in [0.5, 0.6) is 0 Å². The normalized spacial score (nSPS) is 10.6. The molecule has 27 heavy (non-hydrogen) atoms. The largest absolute Gasteiger partial charge is 0.477 e. The van der Waals surface area contributed by atoms with Crippen LogP contribution < -0.4 is 0 Å². The van der Waals surface area contributed by atoms with Gasteiger partial charge in [0.25, 0.3) is 0 Å². The molecule has 3 aromatic rings. The second-order valence-electron chi connectivity index (χ2n) is 6.31. The molecule has 2 aromatic carbocycles. The first kappa shape index (κ1) is 18.8. The average molecular weight is 379 g/mol. The fourth-order valence-electron chi connectivity index (χ4n) is 3.42. The van der Waals surface area contributed by atoms with Crippen LogP contribution in [0.4, 0.5) is 5.69 Å². The lowest BCUT2D eigenvalue weighted by Gasteiger charge is -2.08. The van der Waals surface area contributed by atoms with Crippen molar-refractivity contribution in [1.29, 1.82) is 0 Å². The van der Waals surface area contributed by atoms with E-state index in [9.17, 15) is 9.90 Å². The minimum atomic E-state index is -1.03. The Labute approximate surface area is 163 Å². The maximum absolute atomic E-state index is 11.8. The summed E-state index contributed by atoms with van der Waals surface area (Å²) in [4.78, 5) is 15.5. The molecule has 0 bridgehead atoms. The molecule has 0 atom stereocenters. The Hall–Kier alpha value is -3.03. The number of hydrogen-bond acceptors (Lipinski definition) is 1. The molecule has 1 aromatic heterocycles. The van der Waals surface area contributed by atoms with Crippen LogP contribution in [0.2, 0.25) is 5.02 Å². The van der Waals surface area contributed by atoms with E-state index in [-0.39, 0.29) is 5.69 Å². The van der Waals surface area contributed by atoms with Crippen molar-refractivity contribution in [3.8, 4) is 11.1 Å². The first-order valence-electron chi connectivity index (χ1n) is 8.62. The van der Waals surface area contributed by atoms with Crippen LogP contribution in [-0.4, -0.2) is 15.6 Å². The molecule has 0 aliphatic carbocycles. The van der Waals surface area contributed by atoms with E-state index in [0.717, 1.165) is 27.4 Å². The Kier molecular flexibility index (Phi) is 5.34. The van der Waals surface area contributed by atoms with E-state index in [4.69, 9.17) is 18.2 Å². The summed E-state index contributed by atoms with van der Waals surface area (Å²) in [6.07, 6.45) is 1.29. The second kappa shape index (κ2) is 7.69. The first-order chi connectivity index (χ1) is 13.0. The number of carboxylic acids is 1. The van der Waals surface area contributed by atoms with Crippen LogP contribution in [0.15, 0.2) is 48.5 Å². The standard InChI is InChI=1S/C22H19ClN2O2/c1-4-18-20(24-2)19(21(22(26)27)25(18)3)15-11-9-14(10-12-15)13-16-7-5-6-8-17(16)23/h5-12H,4,13H2,1,3H3,(H,26,27). The molecule has 0 spiro atoms. The van der Waals surface area contributed by atoms with E-state index in [2.05, 4.69) is 4.85 Å². The molecule has 0 radical (unpaired) electrons. The van der Waals surface area contributed by atoms with Crippen molar-refractivity contribution in [2.45, 2.75) is 19.8 Å². The van der Waals surface area contributed by atoms with Gasteiger partial charge in [-0.05, 0) is 35.6 Å². The van der Waals surface area contributed by atoms with Crippen LogP contribution in [0.25, 0.3) is 16.0 Å². The topological polar surface area (TPSA) is 46.6 Å². The Morgan fingerprint density at radius 2 is 1.85 bits per heavy atom. The number of carboxylic acid groups (broad SMARTS) is 1. The van der Waals surface area contributed by atoms with Gasteiger partial charge in [-0.2, -0.15) is 0 Å². The van der Waals surface area contributed by atoms with Gasteiger partial charge >= 0.3 is 5.97 Å². The molecule has 1 heterocycles. The molecular weight excluding hydrogens is 360 g/mol. The summed E-state index contributed by atoms with van der Waals surface area (Å²) in [5.74, 6) is -1.03. The molecule has 3 rings (SSSR count). The monoisotopic (exact) mass is 378 g/mol. The molecule has 0 aliphatic rings. The summed E-state index contributed by atoms with van der Waals surface area (Å²) < 4.78 is 1.61. The zero-order valence-electron chi connectivity index (χ0n) is 15.2. The zero-order chi connectivity index (χ0) is 19.6. The summed E-state index contributed by atoms with van der Waals surface area (Å²) in [6.45, 7) is 9.47. The lowest BCUT2D eigenvalue weighted by Crippen LogP contribution is -2.07. The van der Waals surface area contributed by atoms with Crippen LogP contribution in [0.1, 0.15) is 34.2 Å². The minimum absolute atomic E-state index is 0.150. The fraction of sp³-hybridized carbons (Fsp3) is 0.182. The van der Waals surface area contributed by atoms with E-state index < -0.39 is 5.97 Å². The Bertz CT molecular complexity index is 1040. The minimum Gasteiger partial charge on any atom is -0.477 e. The number of carbonyl (C=O) groups is 1. The van der Waals surface area contributed by atoms with E-state index >= 15 is 0 Å². The first-order valence-corrected chi connectivity index (χ1v) is 9.00. The molecule has 0 amide bonds. The number of aromatic carboxylic acids is 1. The summed E-state index contributed by atoms with van der Waals surface area (Å²) in [5, 5.41) is 10.4. The van der Waals surface area contributed by atoms with Crippen molar-refractivity contribution in [1.82, 2.24) is 4.57 Å². The number of halogens is 1. The van der Waals surface area contributed by atoms with Gasteiger partial charge in [-0.3, -0.25) is 0 Å². The molecule has 136 valence electrons. The third kappa shape index (κ3) is 3.47. The third-order valence-electron chi connectivity index (χ3n) is 4.73. The number of rotatable bonds is 5. The van der Waals surface area contributed by atoms with Gasteiger partial charge in [0.15, 0.2) is 0 Å². The van der Waals surface area contributed by atoms with Crippen LogP contribution in [0.3, 0.4) is 0 Å². The number of benzene rings is 2. The molecule has 0 aliphatic heterocycles. The van der Waals surface area contributed by atoms with Gasteiger partial charge in [0.1, 0.15) is 5.69 Å². The van der Waals surface area contributed by atoms with Crippen LogP contribution in [0, 0.1) is 6.57 Å². The van der Waals surface area contributed by atoms with E-state index in [1.165, 1.54) is 0 Å². The molecule has 0 unspecified atom stereocenters. The van der Waals surface area contributed by atoms with E-state index in [0.29, 0.717) is 24.1 Å². The highest BCUT2D eigenvalue weighted by Gasteiger charge is 2.25. The van der Waals surface area contributed by atoms with Crippen LogP contribution >= 0.6 is 11.6 Å². The summed E-state index contributed by atoms with van der Waals surface area (Å²) in [5.41, 5.74) is 4.62. The highest BCUT2D eigenvalue weighted by atomic mass is 35.5. The van der Waals surface area contributed by atoms with Gasteiger partial charge in [0.2, 0.25) is 5.69 Å². The number of aromatic nitrogens is 1. The lowest BCUT2D eigenvalue weighted by molar-refractivity contribution is 0.0687. The Balaban J connectivity index is 2.04. The number of nitrogens with zero attached hydrogens (tertiary/aromatic N) is 2. The highest BCUT2D eigenvalue weighted by molar-refractivity contribution is 6.31. The van der Waals surface area contributed by atoms with E-state index in [1.54, 1.807) is 11.6 Å². The van der Waals surface area contributed by atoms with Gasteiger partial charge < -0.3 is 9.67 Å². The van der Waals surface area contributed by atoms with Crippen molar-refractivity contribution >= 4 is 23.3 Å². The smallest absolute Gasteiger partial charge is 0.351 e. The summed E-state index contributed by atoms with van der Waals surface area (Å²) >= 11 is 6.23.